The van der Waals surface area contributed by atoms with Crippen molar-refractivity contribution in [2.24, 2.45) is 17.8 Å². The number of fused-ring (bicyclic) bond motifs is 1. The lowest BCUT2D eigenvalue weighted by atomic mass is 9.84. The summed E-state index contributed by atoms with van der Waals surface area (Å²) >= 11 is 0. The molecule has 1 amide bonds. The highest BCUT2D eigenvalue weighted by molar-refractivity contribution is 5.69. The Labute approximate surface area is 135 Å². The topological polar surface area (TPSA) is 41.6 Å². The van der Waals surface area contributed by atoms with Crippen molar-refractivity contribution >= 4 is 6.09 Å². The van der Waals surface area contributed by atoms with Gasteiger partial charge in [0.25, 0.3) is 0 Å². The van der Waals surface area contributed by atoms with E-state index in [9.17, 15) is 4.79 Å². The quantitative estimate of drug-likeness (QED) is 0.868. The number of ether oxygens (including phenoxy) is 1. The van der Waals surface area contributed by atoms with Crippen LogP contribution in [0.5, 0.6) is 0 Å². The number of nitrogens with one attached hydrogen (secondary N) is 1. The highest BCUT2D eigenvalue weighted by atomic mass is 16.6. The molecule has 126 valence electrons. The number of piperidine rings is 1. The molecule has 1 N–H and O–H groups in total. The van der Waals surface area contributed by atoms with E-state index >= 15 is 0 Å². The highest BCUT2D eigenvalue weighted by Crippen LogP contribution is 2.46. The zero-order valence-corrected chi connectivity index (χ0v) is 14.6. The Morgan fingerprint density at radius 3 is 2.27 bits per heavy atom. The first-order valence-corrected chi connectivity index (χ1v) is 9.09. The number of rotatable bonds is 3. The van der Waals surface area contributed by atoms with E-state index in [2.05, 4.69) is 12.2 Å². The van der Waals surface area contributed by atoms with Crippen LogP contribution in [0.3, 0.4) is 0 Å². The fourth-order valence-electron chi connectivity index (χ4n) is 4.32. The van der Waals surface area contributed by atoms with Gasteiger partial charge in [-0.25, -0.2) is 4.79 Å². The van der Waals surface area contributed by atoms with Gasteiger partial charge in [0.1, 0.15) is 5.60 Å². The standard InChI is InChI=1S/C18H32N2O2/c1-12(13-8-6-5-7-9-13)19-16-14-10-20(11-15(14)16)17(21)22-18(2,3)4/h12-16,19H,5-11H2,1-4H3. The summed E-state index contributed by atoms with van der Waals surface area (Å²) in [5.41, 5.74) is -0.392. The van der Waals surface area contributed by atoms with Crippen LogP contribution in [0.1, 0.15) is 59.8 Å². The molecular weight excluding hydrogens is 276 g/mol. The van der Waals surface area contributed by atoms with Crippen molar-refractivity contribution in [2.75, 3.05) is 13.1 Å². The number of hydrogen-bond acceptors (Lipinski definition) is 3. The second-order valence-corrected chi connectivity index (χ2v) is 8.59. The molecule has 3 rings (SSSR count). The first-order chi connectivity index (χ1) is 10.3. The van der Waals surface area contributed by atoms with E-state index < -0.39 is 5.60 Å². The van der Waals surface area contributed by atoms with Crippen LogP contribution in [-0.2, 0) is 4.74 Å². The third-order valence-electron chi connectivity index (χ3n) is 5.66. The van der Waals surface area contributed by atoms with Gasteiger partial charge in [0.2, 0.25) is 0 Å². The molecule has 2 aliphatic carbocycles. The van der Waals surface area contributed by atoms with Gasteiger partial charge in [0.05, 0.1) is 0 Å². The molecule has 3 aliphatic rings. The summed E-state index contributed by atoms with van der Waals surface area (Å²) in [6.45, 7) is 9.88. The number of carbonyl (C=O) groups is 1. The lowest BCUT2D eigenvalue weighted by Gasteiger charge is -2.30. The van der Waals surface area contributed by atoms with Crippen molar-refractivity contribution in [3.63, 3.8) is 0 Å². The van der Waals surface area contributed by atoms with Crippen LogP contribution in [0.2, 0.25) is 0 Å². The first kappa shape index (κ1) is 16.1. The lowest BCUT2D eigenvalue weighted by Crippen LogP contribution is -2.42. The van der Waals surface area contributed by atoms with Gasteiger partial charge in [-0.15, -0.1) is 0 Å². The van der Waals surface area contributed by atoms with Gasteiger partial charge >= 0.3 is 6.09 Å². The fourth-order valence-corrected chi connectivity index (χ4v) is 4.32. The molecule has 0 aromatic carbocycles. The maximum atomic E-state index is 12.1. The molecule has 1 aliphatic heterocycles. The van der Waals surface area contributed by atoms with E-state index in [0.29, 0.717) is 23.9 Å². The minimum atomic E-state index is -0.392. The van der Waals surface area contributed by atoms with Crippen molar-refractivity contribution in [3.8, 4) is 0 Å². The third kappa shape index (κ3) is 3.58. The number of nitrogens with zero attached hydrogens (tertiary/aromatic N) is 1. The normalized spacial score (nSPS) is 33.5. The van der Waals surface area contributed by atoms with E-state index in [-0.39, 0.29) is 6.09 Å². The number of hydrogen-bond donors (Lipinski definition) is 1. The van der Waals surface area contributed by atoms with E-state index in [0.717, 1.165) is 19.0 Å². The van der Waals surface area contributed by atoms with Crippen LogP contribution < -0.4 is 5.32 Å². The zero-order valence-electron chi connectivity index (χ0n) is 14.6. The highest BCUT2D eigenvalue weighted by Gasteiger charge is 2.57. The van der Waals surface area contributed by atoms with Crippen LogP contribution in [0, 0.1) is 17.8 Å². The Bertz CT molecular complexity index is 400. The van der Waals surface area contributed by atoms with Crippen LogP contribution in [0.25, 0.3) is 0 Å². The molecule has 0 radical (unpaired) electrons. The molecule has 22 heavy (non-hydrogen) atoms. The number of amides is 1. The SMILES string of the molecule is CC(NC1C2CN(C(=O)OC(C)(C)C)CC21)C1CCCCC1. The van der Waals surface area contributed by atoms with Gasteiger partial charge in [-0.05, 0) is 58.3 Å². The van der Waals surface area contributed by atoms with Gasteiger partial charge in [-0.3, -0.25) is 0 Å². The Balaban J connectivity index is 1.42. The minimum absolute atomic E-state index is 0.140. The summed E-state index contributed by atoms with van der Waals surface area (Å²) in [5, 5.41) is 3.85. The van der Waals surface area contributed by atoms with E-state index in [1.807, 2.05) is 25.7 Å². The summed E-state index contributed by atoms with van der Waals surface area (Å²) in [6.07, 6.45) is 6.86. The van der Waals surface area contributed by atoms with Gasteiger partial charge in [-0.1, -0.05) is 19.3 Å². The second kappa shape index (κ2) is 6.03. The second-order valence-electron chi connectivity index (χ2n) is 8.59. The van der Waals surface area contributed by atoms with Gasteiger partial charge < -0.3 is 15.0 Å². The van der Waals surface area contributed by atoms with Crippen molar-refractivity contribution in [2.45, 2.75) is 77.5 Å². The lowest BCUT2D eigenvalue weighted by molar-refractivity contribution is 0.0268. The monoisotopic (exact) mass is 308 g/mol. The Morgan fingerprint density at radius 2 is 1.73 bits per heavy atom. The number of carbonyl (C=O) groups excluding carboxylic acids is 1. The summed E-state index contributed by atoms with van der Waals surface area (Å²) in [6, 6.07) is 1.27. The minimum Gasteiger partial charge on any atom is -0.444 e. The molecule has 1 saturated heterocycles. The molecule has 0 spiro atoms. The van der Waals surface area contributed by atoms with Crippen molar-refractivity contribution in [3.05, 3.63) is 0 Å². The average Bonchev–Trinajstić information content (AvgIpc) is 2.90. The van der Waals surface area contributed by atoms with Crippen LogP contribution >= 0.6 is 0 Å². The molecule has 2 saturated carbocycles. The van der Waals surface area contributed by atoms with Crippen molar-refractivity contribution in [1.82, 2.24) is 10.2 Å². The predicted octanol–water partition coefficient (Wildman–Crippen LogP) is 3.41. The molecule has 3 unspecified atom stereocenters. The number of likely N-dealkylation sites (tertiary alicyclic amines) is 1. The Hall–Kier alpha value is -0.770. The molecule has 1 heterocycles. The molecule has 3 fully saturated rings. The van der Waals surface area contributed by atoms with Crippen LogP contribution in [0.15, 0.2) is 0 Å². The van der Waals surface area contributed by atoms with E-state index in [4.69, 9.17) is 4.74 Å². The van der Waals surface area contributed by atoms with E-state index in [1.165, 1.54) is 32.1 Å². The summed E-state index contributed by atoms with van der Waals surface area (Å²) in [7, 11) is 0. The van der Waals surface area contributed by atoms with Gasteiger partial charge in [-0.2, -0.15) is 0 Å². The zero-order chi connectivity index (χ0) is 15.9. The molecule has 4 heteroatoms. The molecule has 4 nitrogen and oxygen atoms in total. The molecule has 3 atom stereocenters. The summed E-state index contributed by atoms with van der Waals surface area (Å²) in [5.74, 6) is 2.16. The fraction of sp³-hybridized carbons (Fsp3) is 0.944. The maximum Gasteiger partial charge on any atom is 0.410 e. The Kier molecular flexibility index (Phi) is 4.41. The van der Waals surface area contributed by atoms with Gasteiger partial charge in [0.15, 0.2) is 0 Å². The smallest absolute Gasteiger partial charge is 0.410 e. The summed E-state index contributed by atoms with van der Waals surface area (Å²) < 4.78 is 5.47. The van der Waals surface area contributed by atoms with Crippen LogP contribution in [-0.4, -0.2) is 41.8 Å². The van der Waals surface area contributed by atoms with Gasteiger partial charge in [0, 0.05) is 25.2 Å². The van der Waals surface area contributed by atoms with E-state index in [1.54, 1.807) is 0 Å². The molecular formula is C18H32N2O2. The Morgan fingerprint density at radius 1 is 1.14 bits per heavy atom. The van der Waals surface area contributed by atoms with Crippen molar-refractivity contribution < 1.29 is 9.53 Å². The van der Waals surface area contributed by atoms with Crippen molar-refractivity contribution in [1.29, 1.82) is 0 Å². The molecule has 0 bridgehead atoms. The average molecular weight is 308 g/mol. The van der Waals surface area contributed by atoms with Crippen LogP contribution in [0.4, 0.5) is 4.79 Å². The first-order valence-electron chi connectivity index (χ1n) is 9.09. The third-order valence-corrected chi connectivity index (χ3v) is 5.66. The largest absolute Gasteiger partial charge is 0.444 e. The molecule has 0 aromatic heterocycles. The molecule has 0 aromatic rings. The predicted molar refractivity (Wildman–Crippen MR) is 87.7 cm³/mol. The maximum absolute atomic E-state index is 12.1. The summed E-state index contributed by atoms with van der Waals surface area (Å²) in [4.78, 5) is 14.0.